The van der Waals surface area contributed by atoms with Crippen LogP contribution in [0.2, 0.25) is 0 Å². The molecule has 134 valence electrons. The first kappa shape index (κ1) is 16.1. The van der Waals surface area contributed by atoms with Gasteiger partial charge in [0.05, 0.1) is 11.9 Å². The van der Waals surface area contributed by atoms with Gasteiger partial charge < -0.3 is 5.32 Å². The van der Waals surface area contributed by atoms with Crippen LogP contribution < -0.4 is 5.32 Å². The van der Waals surface area contributed by atoms with Gasteiger partial charge in [0.25, 0.3) is 0 Å². The van der Waals surface area contributed by atoms with Crippen LogP contribution in [0.4, 0.5) is 0 Å². The Morgan fingerprint density at radius 2 is 2.04 bits per heavy atom. The second-order valence-corrected chi connectivity index (χ2v) is 6.99. The summed E-state index contributed by atoms with van der Waals surface area (Å²) in [7, 11) is 0. The van der Waals surface area contributed by atoms with Gasteiger partial charge in [0.1, 0.15) is 0 Å². The molecule has 1 N–H and O–H groups in total. The fraction of sp³-hybridized carbons (Fsp3) is 0.227. The molecule has 0 amide bonds. The van der Waals surface area contributed by atoms with Gasteiger partial charge in [0, 0.05) is 42.1 Å². The molecule has 1 aliphatic carbocycles. The lowest BCUT2D eigenvalue weighted by atomic mass is 9.92. The molecule has 5 rings (SSSR count). The van der Waals surface area contributed by atoms with Crippen molar-refractivity contribution in [2.24, 2.45) is 0 Å². The third-order valence-corrected chi connectivity index (χ3v) is 5.36. The minimum absolute atomic E-state index is 0.323. The van der Waals surface area contributed by atoms with Gasteiger partial charge in [-0.3, -0.25) is 4.98 Å². The Balaban J connectivity index is 1.41. The number of nitrogens with one attached hydrogen (secondary N) is 1. The van der Waals surface area contributed by atoms with Crippen LogP contribution in [0.25, 0.3) is 16.6 Å². The maximum Gasteiger partial charge on any atom is 0.153 e. The Hall–Kier alpha value is -3.05. The highest BCUT2D eigenvalue weighted by Gasteiger charge is 2.24. The van der Waals surface area contributed by atoms with E-state index in [-0.39, 0.29) is 0 Å². The van der Waals surface area contributed by atoms with Crippen molar-refractivity contribution in [2.45, 2.75) is 31.8 Å². The number of rotatable bonds is 4. The van der Waals surface area contributed by atoms with E-state index in [1.54, 1.807) is 0 Å². The molecule has 0 aliphatic heterocycles. The van der Waals surface area contributed by atoms with E-state index in [0.29, 0.717) is 6.04 Å². The summed E-state index contributed by atoms with van der Waals surface area (Å²) in [5, 5.41) is 10.8. The highest BCUT2D eigenvalue weighted by molar-refractivity contribution is 5.84. The molecule has 0 saturated carbocycles. The molecule has 1 aliphatic rings. The lowest BCUT2D eigenvalue weighted by molar-refractivity contribution is 0.455. The second kappa shape index (κ2) is 6.93. The van der Waals surface area contributed by atoms with Crippen molar-refractivity contribution in [1.82, 2.24) is 25.1 Å². The number of benzene rings is 1. The number of fused-ring (bicyclic) bond motifs is 2. The Kier molecular flexibility index (Phi) is 4.14. The van der Waals surface area contributed by atoms with Crippen molar-refractivity contribution < 1.29 is 0 Å². The Morgan fingerprint density at radius 3 is 2.96 bits per heavy atom. The first-order valence-electron chi connectivity index (χ1n) is 9.43. The third-order valence-electron chi connectivity index (χ3n) is 5.36. The van der Waals surface area contributed by atoms with E-state index < -0.39 is 0 Å². The standard InChI is InChI=1S/C22H21N5/c1-2-11-24-22(9-1)27-21-8-4-7-20(19(21)15-26-27)25-14-17-6-3-5-16-13-23-12-10-18(16)17/h1-3,5-6,9-13,15,20,25H,4,7-8,14H2/t20-/m0/s1. The van der Waals surface area contributed by atoms with Crippen LogP contribution in [-0.4, -0.2) is 19.7 Å². The lowest BCUT2D eigenvalue weighted by Gasteiger charge is -2.24. The van der Waals surface area contributed by atoms with E-state index in [1.807, 2.05) is 47.7 Å². The van der Waals surface area contributed by atoms with E-state index in [9.17, 15) is 0 Å². The molecule has 0 fully saturated rings. The second-order valence-electron chi connectivity index (χ2n) is 6.99. The SMILES string of the molecule is c1ccc(-n2ncc3c2CCC[C@@H]3NCc2cccc3cnccc23)nc1. The van der Waals surface area contributed by atoms with Gasteiger partial charge in [0.2, 0.25) is 0 Å². The average molecular weight is 355 g/mol. The maximum absolute atomic E-state index is 4.63. The Bertz CT molecular complexity index is 1070. The van der Waals surface area contributed by atoms with Gasteiger partial charge in [-0.15, -0.1) is 0 Å². The minimum Gasteiger partial charge on any atom is -0.306 e. The number of hydrogen-bond donors (Lipinski definition) is 1. The molecule has 1 aromatic carbocycles. The molecule has 5 nitrogen and oxygen atoms in total. The summed E-state index contributed by atoms with van der Waals surface area (Å²) in [6, 6.07) is 14.8. The van der Waals surface area contributed by atoms with Gasteiger partial charge in [-0.05, 0) is 48.4 Å². The number of pyridine rings is 2. The van der Waals surface area contributed by atoms with E-state index in [2.05, 4.69) is 44.6 Å². The van der Waals surface area contributed by atoms with Crippen molar-refractivity contribution in [3.63, 3.8) is 0 Å². The topological polar surface area (TPSA) is 55.6 Å². The summed E-state index contributed by atoms with van der Waals surface area (Å²) in [5.41, 5.74) is 3.88. The molecule has 3 heterocycles. The van der Waals surface area contributed by atoms with Crippen molar-refractivity contribution >= 4 is 10.8 Å². The lowest BCUT2D eigenvalue weighted by Crippen LogP contribution is -2.25. The Morgan fingerprint density at radius 1 is 1.04 bits per heavy atom. The highest BCUT2D eigenvalue weighted by Crippen LogP contribution is 2.31. The van der Waals surface area contributed by atoms with Gasteiger partial charge in [-0.25, -0.2) is 9.67 Å². The largest absolute Gasteiger partial charge is 0.306 e. The monoisotopic (exact) mass is 355 g/mol. The van der Waals surface area contributed by atoms with Gasteiger partial charge in [0.15, 0.2) is 5.82 Å². The zero-order chi connectivity index (χ0) is 18.1. The molecule has 0 radical (unpaired) electrons. The molecule has 0 bridgehead atoms. The summed E-state index contributed by atoms with van der Waals surface area (Å²) >= 11 is 0. The first-order valence-corrected chi connectivity index (χ1v) is 9.43. The fourth-order valence-electron chi connectivity index (χ4n) is 4.02. The van der Waals surface area contributed by atoms with Crippen LogP contribution in [0.3, 0.4) is 0 Å². The zero-order valence-electron chi connectivity index (χ0n) is 15.0. The molecule has 3 aromatic heterocycles. The summed E-state index contributed by atoms with van der Waals surface area (Å²) in [6.07, 6.45) is 10.9. The van der Waals surface area contributed by atoms with Crippen LogP contribution in [-0.2, 0) is 13.0 Å². The summed E-state index contributed by atoms with van der Waals surface area (Å²) in [5.74, 6) is 0.890. The zero-order valence-corrected chi connectivity index (χ0v) is 15.0. The summed E-state index contributed by atoms with van der Waals surface area (Å²) in [4.78, 5) is 8.68. The van der Waals surface area contributed by atoms with Gasteiger partial charge >= 0.3 is 0 Å². The quantitative estimate of drug-likeness (QED) is 0.601. The van der Waals surface area contributed by atoms with E-state index in [4.69, 9.17) is 0 Å². The van der Waals surface area contributed by atoms with Gasteiger partial charge in [-0.1, -0.05) is 24.3 Å². The van der Waals surface area contributed by atoms with Crippen molar-refractivity contribution in [2.75, 3.05) is 0 Å². The third kappa shape index (κ3) is 3.00. The molecule has 5 heteroatoms. The summed E-state index contributed by atoms with van der Waals surface area (Å²) in [6.45, 7) is 0.834. The molecule has 27 heavy (non-hydrogen) atoms. The van der Waals surface area contributed by atoms with E-state index in [0.717, 1.165) is 31.6 Å². The molecule has 0 spiro atoms. The number of aromatic nitrogens is 4. The summed E-state index contributed by atoms with van der Waals surface area (Å²) < 4.78 is 1.99. The normalized spacial score (nSPS) is 16.4. The van der Waals surface area contributed by atoms with Crippen LogP contribution in [0.5, 0.6) is 0 Å². The molecule has 0 unspecified atom stereocenters. The predicted octanol–water partition coefficient (Wildman–Crippen LogP) is 3.98. The van der Waals surface area contributed by atoms with Gasteiger partial charge in [-0.2, -0.15) is 5.10 Å². The number of hydrogen-bond acceptors (Lipinski definition) is 4. The number of nitrogens with zero attached hydrogens (tertiary/aromatic N) is 4. The van der Waals surface area contributed by atoms with Crippen LogP contribution in [0, 0.1) is 0 Å². The van der Waals surface area contributed by atoms with E-state index >= 15 is 0 Å². The molecule has 0 saturated heterocycles. The fourth-order valence-corrected chi connectivity index (χ4v) is 4.02. The minimum atomic E-state index is 0.323. The first-order chi connectivity index (χ1) is 13.4. The predicted molar refractivity (Wildman–Crippen MR) is 106 cm³/mol. The van der Waals surface area contributed by atoms with E-state index in [1.165, 1.54) is 27.6 Å². The van der Waals surface area contributed by atoms with Crippen molar-refractivity contribution in [3.8, 4) is 5.82 Å². The van der Waals surface area contributed by atoms with Crippen LogP contribution >= 0.6 is 0 Å². The average Bonchev–Trinajstić information content (AvgIpc) is 3.17. The molecular weight excluding hydrogens is 334 g/mol. The van der Waals surface area contributed by atoms with Crippen molar-refractivity contribution in [1.29, 1.82) is 0 Å². The smallest absolute Gasteiger partial charge is 0.153 e. The maximum atomic E-state index is 4.63. The molecular formula is C22H21N5. The van der Waals surface area contributed by atoms with Crippen molar-refractivity contribution in [3.05, 3.63) is 84.1 Å². The highest BCUT2D eigenvalue weighted by atomic mass is 15.3. The molecule has 1 atom stereocenters. The molecule has 4 aromatic rings. The Labute approximate surface area is 158 Å². The van der Waals surface area contributed by atoms with Crippen LogP contribution in [0.1, 0.15) is 35.7 Å². The van der Waals surface area contributed by atoms with Crippen LogP contribution in [0.15, 0.2) is 67.3 Å².